The molecule has 0 spiro atoms. The van der Waals surface area contributed by atoms with E-state index >= 15 is 0 Å². The Hall–Kier alpha value is -1.40. The van der Waals surface area contributed by atoms with E-state index in [0.29, 0.717) is 43.3 Å². The van der Waals surface area contributed by atoms with Crippen molar-refractivity contribution in [2.45, 2.75) is 57.3 Å². The van der Waals surface area contributed by atoms with Crippen molar-refractivity contribution >= 4 is 15.9 Å². The molecule has 6 heteroatoms. The third-order valence-electron chi connectivity index (χ3n) is 4.84. The van der Waals surface area contributed by atoms with Crippen molar-refractivity contribution in [3.63, 3.8) is 0 Å². The molecule has 25 heavy (non-hydrogen) atoms. The molecule has 0 saturated carbocycles. The van der Waals surface area contributed by atoms with Crippen LogP contribution in [0.1, 0.15) is 57.9 Å². The smallest absolute Gasteiger partial charge is 0.243 e. The van der Waals surface area contributed by atoms with Gasteiger partial charge < -0.3 is 5.32 Å². The highest BCUT2D eigenvalue weighted by atomic mass is 32.2. The van der Waals surface area contributed by atoms with Crippen molar-refractivity contribution in [3.05, 3.63) is 29.8 Å². The zero-order chi connectivity index (χ0) is 18.4. The maximum absolute atomic E-state index is 12.8. The monoisotopic (exact) mass is 366 g/mol. The predicted molar refractivity (Wildman–Crippen MR) is 99.9 cm³/mol. The van der Waals surface area contributed by atoms with E-state index in [1.54, 1.807) is 12.1 Å². The van der Waals surface area contributed by atoms with E-state index in [0.717, 1.165) is 18.4 Å². The highest BCUT2D eigenvalue weighted by Crippen LogP contribution is 2.25. The summed E-state index contributed by atoms with van der Waals surface area (Å²) in [6, 6.07) is 7.14. The van der Waals surface area contributed by atoms with Gasteiger partial charge >= 0.3 is 0 Å². The molecule has 1 aliphatic heterocycles. The molecule has 1 aliphatic rings. The summed E-state index contributed by atoms with van der Waals surface area (Å²) in [6.07, 6.45) is 3.19. The third kappa shape index (κ3) is 5.05. The summed E-state index contributed by atoms with van der Waals surface area (Å²) in [5, 5.41) is 2.95. The van der Waals surface area contributed by atoms with Crippen molar-refractivity contribution in [2.24, 2.45) is 5.92 Å². The van der Waals surface area contributed by atoms with Crippen LogP contribution >= 0.6 is 0 Å². The maximum Gasteiger partial charge on any atom is 0.243 e. The molecule has 1 N–H and O–H groups in total. The van der Waals surface area contributed by atoms with Crippen LogP contribution in [-0.4, -0.2) is 38.3 Å². The molecule has 1 saturated heterocycles. The van der Waals surface area contributed by atoms with Gasteiger partial charge in [0.25, 0.3) is 0 Å². The number of sulfonamides is 1. The predicted octanol–water partition coefficient (Wildman–Crippen LogP) is 3.13. The highest BCUT2D eigenvalue weighted by Gasteiger charge is 2.31. The lowest BCUT2D eigenvalue weighted by Gasteiger charge is -2.30. The first-order valence-corrected chi connectivity index (χ1v) is 10.7. The number of amides is 1. The quantitative estimate of drug-likeness (QED) is 0.754. The Balaban J connectivity index is 1.95. The van der Waals surface area contributed by atoms with E-state index in [9.17, 15) is 13.2 Å². The van der Waals surface area contributed by atoms with Gasteiger partial charge in [-0.25, -0.2) is 8.42 Å². The molecular formula is C19H30N2O3S. The number of carbonyl (C=O) groups is 1. The van der Waals surface area contributed by atoms with E-state index in [4.69, 9.17) is 0 Å². The molecule has 0 aromatic heterocycles. The average Bonchev–Trinajstić information content (AvgIpc) is 2.62. The Labute approximate surface area is 151 Å². The third-order valence-corrected chi connectivity index (χ3v) is 6.75. The van der Waals surface area contributed by atoms with Crippen LogP contribution in [0, 0.1) is 5.92 Å². The highest BCUT2D eigenvalue weighted by molar-refractivity contribution is 7.89. The van der Waals surface area contributed by atoms with Gasteiger partial charge in [0.15, 0.2) is 0 Å². The summed E-state index contributed by atoms with van der Waals surface area (Å²) in [6.45, 7) is 7.76. The van der Waals surface area contributed by atoms with Gasteiger partial charge in [-0.2, -0.15) is 4.31 Å². The second-order valence-electron chi connectivity index (χ2n) is 7.05. The van der Waals surface area contributed by atoms with Gasteiger partial charge in [-0.1, -0.05) is 39.3 Å². The number of hydrogen-bond acceptors (Lipinski definition) is 3. The molecule has 1 aromatic rings. The molecule has 0 bridgehead atoms. The minimum absolute atomic E-state index is 0.0618. The summed E-state index contributed by atoms with van der Waals surface area (Å²) in [7, 11) is -3.47. The van der Waals surface area contributed by atoms with Gasteiger partial charge in [-0.05, 0) is 42.9 Å². The van der Waals surface area contributed by atoms with Gasteiger partial charge in [0.1, 0.15) is 0 Å². The van der Waals surface area contributed by atoms with Gasteiger partial charge in [-0.15, -0.1) is 0 Å². The number of carbonyl (C=O) groups excluding carboxylic acids is 1. The van der Waals surface area contributed by atoms with E-state index in [1.807, 2.05) is 12.1 Å². The van der Waals surface area contributed by atoms with Crippen LogP contribution in [0.15, 0.2) is 29.2 Å². The Morgan fingerprint density at radius 3 is 2.32 bits per heavy atom. The SMILES string of the molecule is CCCCNC(=O)C1CCN(S(=O)(=O)c2ccc(C(C)C)cc2)CC1. The van der Waals surface area contributed by atoms with E-state index < -0.39 is 10.0 Å². The first kappa shape index (κ1) is 19.9. The molecule has 1 aromatic carbocycles. The number of rotatable bonds is 7. The topological polar surface area (TPSA) is 66.5 Å². The molecular weight excluding hydrogens is 336 g/mol. The number of nitrogens with zero attached hydrogens (tertiary/aromatic N) is 1. The summed E-state index contributed by atoms with van der Waals surface area (Å²) < 4.78 is 27.1. The van der Waals surface area contributed by atoms with Gasteiger partial charge in [0.2, 0.25) is 15.9 Å². The number of nitrogens with one attached hydrogen (secondary N) is 1. The Morgan fingerprint density at radius 2 is 1.80 bits per heavy atom. The van der Waals surface area contributed by atoms with Crippen LogP contribution in [-0.2, 0) is 14.8 Å². The fourth-order valence-corrected chi connectivity index (χ4v) is 4.53. The zero-order valence-corrected chi connectivity index (χ0v) is 16.3. The van der Waals surface area contributed by atoms with Crippen LogP contribution in [0.2, 0.25) is 0 Å². The summed E-state index contributed by atoms with van der Waals surface area (Å²) in [5.74, 6) is 0.358. The standard InChI is InChI=1S/C19H30N2O3S/c1-4-5-12-20-19(22)17-10-13-21(14-11-17)25(23,24)18-8-6-16(7-9-18)15(2)3/h6-9,15,17H,4-5,10-14H2,1-3H3,(H,20,22). The molecule has 1 fully saturated rings. The Kier molecular flexibility index (Phi) is 7.02. The van der Waals surface area contributed by atoms with Crippen molar-refractivity contribution in [3.8, 4) is 0 Å². The van der Waals surface area contributed by atoms with Crippen molar-refractivity contribution in [2.75, 3.05) is 19.6 Å². The Bertz CT molecular complexity index is 660. The molecule has 0 radical (unpaired) electrons. The number of hydrogen-bond donors (Lipinski definition) is 1. The minimum Gasteiger partial charge on any atom is -0.356 e. The molecule has 1 amide bonds. The lowest BCUT2D eigenvalue weighted by atomic mass is 9.97. The summed E-state index contributed by atoms with van der Waals surface area (Å²) in [5.41, 5.74) is 1.13. The average molecular weight is 367 g/mol. The lowest BCUT2D eigenvalue weighted by Crippen LogP contribution is -2.43. The number of benzene rings is 1. The second-order valence-corrected chi connectivity index (χ2v) is 8.98. The van der Waals surface area contributed by atoms with Crippen molar-refractivity contribution in [1.82, 2.24) is 9.62 Å². The number of unbranched alkanes of at least 4 members (excludes halogenated alkanes) is 1. The van der Waals surface area contributed by atoms with Crippen molar-refractivity contribution < 1.29 is 13.2 Å². The molecule has 1 heterocycles. The Morgan fingerprint density at radius 1 is 1.20 bits per heavy atom. The molecule has 140 valence electrons. The second kappa shape index (κ2) is 8.81. The molecule has 2 rings (SSSR count). The minimum atomic E-state index is -3.47. The number of piperidine rings is 1. The molecule has 0 atom stereocenters. The van der Waals surface area contributed by atoms with E-state index in [-0.39, 0.29) is 11.8 Å². The van der Waals surface area contributed by atoms with Crippen molar-refractivity contribution in [1.29, 1.82) is 0 Å². The van der Waals surface area contributed by atoms with Crippen LogP contribution < -0.4 is 5.32 Å². The molecule has 0 unspecified atom stereocenters. The fourth-order valence-electron chi connectivity index (χ4n) is 3.06. The first-order chi connectivity index (χ1) is 11.9. The van der Waals surface area contributed by atoms with E-state index in [1.165, 1.54) is 4.31 Å². The molecule has 5 nitrogen and oxygen atoms in total. The fraction of sp³-hybridized carbons (Fsp3) is 0.632. The largest absolute Gasteiger partial charge is 0.356 e. The zero-order valence-electron chi connectivity index (χ0n) is 15.5. The lowest BCUT2D eigenvalue weighted by molar-refractivity contribution is -0.126. The first-order valence-electron chi connectivity index (χ1n) is 9.24. The van der Waals surface area contributed by atoms with Gasteiger partial charge in [0.05, 0.1) is 4.90 Å². The van der Waals surface area contributed by atoms with Crippen LogP contribution in [0.5, 0.6) is 0 Å². The molecule has 0 aliphatic carbocycles. The van der Waals surface area contributed by atoms with Crippen LogP contribution in [0.3, 0.4) is 0 Å². The normalized spacial score (nSPS) is 17.0. The maximum atomic E-state index is 12.8. The van der Waals surface area contributed by atoms with Crippen LogP contribution in [0.4, 0.5) is 0 Å². The summed E-state index contributed by atoms with van der Waals surface area (Å²) >= 11 is 0. The summed E-state index contributed by atoms with van der Waals surface area (Å²) in [4.78, 5) is 12.5. The van der Waals surface area contributed by atoms with Gasteiger partial charge in [-0.3, -0.25) is 4.79 Å². The van der Waals surface area contributed by atoms with Gasteiger partial charge in [0, 0.05) is 25.6 Å². The van der Waals surface area contributed by atoms with E-state index in [2.05, 4.69) is 26.1 Å². The van der Waals surface area contributed by atoms with Crippen LogP contribution in [0.25, 0.3) is 0 Å².